The van der Waals surface area contributed by atoms with E-state index in [2.05, 4.69) is 0 Å². The van der Waals surface area contributed by atoms with Crippen molar-refractivity contribution in [1.82, 2.24) is 9.47 Å². The molecule has 1 aromatic rings. The topological polar surface area (TPSA) is 68.6 Å². The molecule has 6 nitrogen and oxygen atoms in total. The number of ether oxygens (including phenoxy) is 1. The Hall–Kier alpha value is -2.32. The molecule has 138 valence electrons. The summed E-state index contributed by atoms with van der Waals surface area (Å²) in [4.78, 5) is 37.1. The van der Waals surface area contributed by atoms with E-state index in [4.69, 9.17) is 4.74 Å². The molecule has 0 spiro atoms. The van der Waals surface area contributed by atoms with Crippen molar-refractivity contribution in [1.29, 1.82) is 0 Å². The molecule has 2 rings (SSSR count). The zero-order valence-corrected chi connectivity index (χ0v) is 13.7. The van der Waals surface area contributed by atoms with Crippen LogP contribution in [0.2, 0.25) is 0 Å². The highest BCUT2D eigenvalue weighted by Crippen LogP contribution is 2.28. The maximum absolute atomic E-state index is 12.7. The van der Waals surface area contributed by atoms with Crippen LogP contribution >= 0.6 is 0 Å². The van der Waals surface area contributed by atoms with Gasteiger partial charge in [0.2, 0.25) is 5.91 Å². The minimum atomic E-state index is -4.59. The van der Waals surface area contributed by atoms with Gasteiger partial charge in [0.05, 0.1) is 18.1 Å². The van der Waals surface area contributed by atoms with Crippen LogP contribution in [0.25, 0.3) is 0 Å². The van der Waals surface area contributed by atoms with Gasteiger partial charge in [-0.05, 0) is 25.8 Å². The first-order chi connectivity index (χ1) is 11.7. The van der Waals surface area contributed by atoms with Crippen molar-refractivity contribution in [3.05, 3.63) is 34.2 Å². The first kappa shape index (κ1) is 19.0. The van der Waals surface area contributed by atoms with Crippen LogP contribution in [-0.2, 0) is 27.0 Å². The fraction of sp³-hybridized carbons (Fsp3) is 0.562. The number of carbonyl (C=O) groups excluding carboxylic acids is 2. The Morgan fingerprint density at radius 2 is 1.88 bits per heavy atom. The number of hydrogen-bond acceptors (Lipinski definition) is 4. The third-order valence-corrected chi connectivity index (χ3v) is 4.08. The predicted molar refractivity (Wildman–Crippen MR) is 81.6 cm³/mol. The van der Waals surface area contributed by atoms with E-state index in [0.717, 1.165) is 10.6 Å². The highest BCUT2D eigenvalue weighted by Gasteiger charge is 2.32. The third kappa shape index (κ3) is 4.83. The Bertz CT molecular complexity index is 691. The third-order valence-electron chi connectivity index (χ3n) is 4.08. The SMILES string of the molecule is CCOC(=O)C1CCN(C(=O)Cn2cc(C(F)(F)F)ccc2=O)CC1. The molecular weight excluding hydrogens is 341 g/mol. The molecule has 0 saturated carbocycles. The Balaban J connectivity index is 2.00. The van der Waals surface area contributed by atoms with Gasteiger partial charge in [0.15, 0.2) is 0 Å². The fourth-order valence-electron chi connectivity index (χ4n) is 2.69. The second kappa shape index (κ2) is 7.71. The molecule has 1 saturated heterocycles. The summed E-state index contributed by atoms with van der Waals surface area (Å²) in [5.41, 5.74) is -1.66. The van der Waals surface area contributed by atoms with Crippen LogP contribution in [0.5, 0.6) is 0 Å². The van der Waals surface area contributed by atoms with E-state index in [1.165, 1.54) is 4.90 Å². The zero-order chi connectivity index (χ0) is 18.6. The summed E-state index contributed by atoms with van der Waals surface area (Å²) in [6.07, 6.45) is -3.08. The molecule has 0 atom stereocenters. The largest absolute Gasteiger partial charge is 0.466 e. The van der Waals surface area contributed by atoms with E-state index in [0.29, 0.717) is 38.2 Å². The summed E-state index contributed by atoms with van der Waals surface area (Å²) in [5, 5.41) is 0. The molecule has 1 amide bonds. The molecule has 1 aromatic heterocycles. The average Bonchev–Trinajstić information content (AvgIpc) is 2.56. The van der Waals surface area contributed by atoms with Crippen molar-refractivity contribution in [2.24, 2.45) is 5.92 Å². The number of hydrogen-bond donors (Lipinski definition) is 0. The van der Waals surface area contributed by atoms with Gasteiger partial charge in [-0.2, -0.15) is 13.2 Å². The average molecular weight is 360 g/mol. The van der Waals surface area contributed by atoms with Gasteiger partial charge in [-0.3, -0.25) is 14.4 Å². The van der Waals surface area contributed by atoms with E-state index in [1.807, 2.05) is 0 Å². The number of amides is 1. The standard InChI is InChI=1S/C16H19F3N2O4/c1-2-25-15(24)11-5-7-20(8-6-11)14(23)10-21-9-12(16(17,18)19)3-4-13(21)22/h3-4,9,11H,2,5-8,10H2,1H3. The smallest absolute Gasteiger partial charge is 0.417 e. The van der Waals surface area contributed by atoms with Crippen LogP contribution in [-0.4, -0.2) is 41.0 Å². The molecule has 25 heavy (non-hydrogen) atoms. The van der Waals surface area contributed by atoms with E-state index in [1.54, 1.807) is 6.92 Å². The van der Waals surface area contributed by atoms with Crippen LogP contribution in [0, 0.1) is 5.92 Å². The molecule has 9 heteroatoms. The molecule has 2 heterocycles. The van der Waals surface area contributed by atoms with Gasteiger partial charge in [0.1, 0.15) is 6.54 Å². The van der Waals surface area contributed by atoms with Gasteiger partial charge >= 0.3 is 12.1 Å². The lowest BCUT2D eigenvalue weighted by molar-refractivity contribution is -0.151. The molecule has 1 aliphatic heterocycles. The molecule has 1 fully saturated rings. The number of halogens is 3. The summed E-state index contributed by atoms with van der Waals surface area (Å²) >= 11 is 0. The Morgan fingerprint density at radius 1 is 1.24 bits per heavy atom. The number of nitrogens with zero attached hydrogens (tertiary/aromatic N) is 2. The minimum absolute atomic E-state index is 0.278. The van der Waals surface area contributed by atoms with Gasteiger partial charge < -0.3 is 14.2 Å². The van der Waals surface area contributed by atoms with Crippen LogP contribution in [0.3, 0.4) is 0 Å². The Kier molecular flexibility index (Phi) is 5.86. The van der Waals surface area contributed by atoms with E-state index in [9.17, 15) is 27.6 Å². The first-order valence-electron chi connectivity index (χ1n) is 7.94. The van der Waals surface area contributed by atoms with Crippen LogP contribution in [0.15, 0.2) is 23.1 Å². The Morgan fingerprint density at radius 3 is 2.44 bits per heavy atom. The predicted octanol–water partition coefficient (Wildman–Crippen LogP) is 1.67. The van der Waals surface area contributed by atoms with Crippen LogP contribution < -0.4 is 5.56 Å². The van der Waals surface area contributed by atoms with E-state index >= 15 is 0 Å². The number of rotatable bonds is 4. The van der Waals surface area contributed by atoms with Gasteiger partial charge in [-0.1, -0.05) is 0 Å². The van der Waals surface area contributed by atoms with Crippen molar-refractivity contribution in [2.75, 3.05) is 19.7 Å². The lowest BCUT2D eigenvalue weighted by Gasteiger charge is -2.31. The summed E-state index contributed by atoms with van der Waals surface area (Å²) in [5.74, 6) is -1.03. The van der Waals surface area contributed by atoms with Crippen LogP contribution in [0.4, 0.5) is 13.2 Å². The fourth-order valence-corrected chi connectivity index (χ4v) is 2.69. The number of piperidine rings is 1. The minimum Gasteiger partial charge on any atom is -0.466 e. The number of pyridine rings is 1. The summed E-state index contributed by atoms with van der Waals surface area (Å²) < 4.78 is 43.8. The molecule has 0 aromatic carbocycles. The van der Waals surface area contributed by atoms with Crippen molar-refractivity contribution < 1.29 is 27.5 Å². The molecule has 0 aliphatic carbocycles. The van der Waals surface area contributed by atoms with E-state index < -0.39 is 29.8 Å². The van der Waals surface area contributed by atoms with Crippen molar-refractivity contribution in [2.45, 2.75) is 32.5 Å². The molecule has 0 N–H and O–H groups in total. The number of likely N-dealkylation sites (tertiary alicyclic amines) is 1. The summed E-state index contributed by atoms with van der Waals surface area (Å²) in [7, 11) is 0. The monoisotopic (exact) mass is 360 g/mol. The summed E-state index contributed by atoms with van der Waals surface area (Å²) in [6.45, 7) is 2.14. The van der Waals surface area contributed by atoms with Crippen molar-refractivity contribution in [3.63, 3.8) is 0 Å². The quantitative estimate of drug-likeness (QED) is 0.766. The zero-order valence-electron chi connectivity index (χ0n) is 13.7. The lowest BCUT2D eigenvalue weighted by atomic mass is 9.97. The van der Waals surface area contributed by atoms with Crippen molar-refractivity contribution in [3.8, 4) is 0 Å². The van der Waals surface area contributed by atoms with Gasteiger partial charge in [0.25, 0.3) is 5.56 Å². The highest BCUT2D eigenvalue weighted by molar-refractivity contribution is 5.77. The van der Waals surface area contributed by atoms with Gasteiger partial charge in [-0.15, -0.1) is 0 Å². The number of alkyl halides is 3. The van der Waals surface area contributed by atoms with Crippen LogP contribution in [0.1, 0.15) is 25.3 Å². The van der Waals surface area contributed by atoms with Gasteiger partial charge in [-0.25, -0.2) is 0 Å². The second-order valence-electron chi connectivity index (χ2n) is 5.79. The highest BCUT2D eigenvalue weighted by atomic mass is 19.4. The maximum atomic E-state index is 12.7. The van der Waals surface area contributed by atoms with Crippen molar-refractivity contribution >= 4 is 11.9 Å². The first-order valence-corrected chi connectivity index (χ1v) is 7.94. The maximum Gasteiger partial charge on any atom is 0.417 e. The summed E-state index contributed by atoms with van der Waals surface area (Å²) in [6, 6.07) is 1.48. The Labute approximate surface area is 142 Å². The normalized spacial score (nSPS) is 15.9. The number of esters is 1. The second-order valence-corrected chi connectivity index (χ2v) is 5.79. The molecular formula is C16H19F3N2O4. The number of aromatic nitrogens is 1. The number of carbonyl (C=O) groups is 2. The molecule has 0 radical (unpaired) electrons. The lowest BCUT2D eigenvalue weighted by Crippen LogP contribution is -2.43. The van der Waals surface area contributed by atoms with E-state index in [-0.39, 0.29) is 18.5 Å². The molecule has 1 aliphatic rings. The molecule has 0 bridgehead atoms. The molecule has 0 unspecified atom stereocenters. The van der Waals surface area contributed by atoms with Gasteiger partial charge in [0, 0.05) is 25.4 Å².